The molecule has 7 nitrogen and oxygen atoms in total. The van der Waals surface area contributed by atoms with Crippen LogP contribution in [0.15, 0.2) is 18.2 Å². The Morgan fingerprint density at radius 3 is 2.25 bits per heavy atom. The zero-order valence-electron chi connectivity index (χ0n) is 11.9. The molecule has 20 heavy (non-hydrogen) atoms. The maximum absolute atomic E-state index is 11.6. The van der Waals surface area contributed by atoms with Gasteiger partial charge in [-0.2, -0.15) is 0 Å². The minimum Gasteiger partial charge on any atom is -0.388 e. The summed E-state index contributed by atoms with van der Waals surface area (Å²) in [5.74, 6) is 0. The van der Waals surface area contributed by atoms with Crippen LogP contribution in [-0.2, 0) is 9.84 Å². The van der Waals surface area contributed by atoms with Crippen molar-refractivity contribution in [3.8, 4) is 0 Å². The van der Waals surface area contributed by atoms with Gasteiger partial charge in [0.15, 0.2) is 9.84 Å². The first-order chi connectivity index (χ1) is 9.06. The summed E-state index contributed by atoms with van der Waals surface area (Å²) >= 11 is 0. The number of hydrogen-bond acceptors (Lipinski definition) is 6. The van der Waals surface area contributed by atoms with Gasteiger partial charge in [0.05, 0.1) is 9.67 Å². The number of non-ortho nitro benzene ring substituents is 1. The van der Waals surface area contributed by atoms with Gasteiger partial charge in [0.1, 0.15) is 0 Å². The lowest BCUT2D eigenvalue weighted by atomic mass is 10.2. The predicted molar refractivity (Wildman–Crippen MR) is 80.1 cm³/mol. The highest BCUT2D eigenvalue weighted by molar-refractivity contribution is 7.92. The lowest BCUT2D eigenvalue weighted by molar-refractivity contribution is -0.384. The van der Waals surface area contributed by atoms with Crippen molar-refractivity contribution in [3.05, 3.63) is 28.3 Å². The van der Waals surface area contributed by atoms with Crippen molar-refractivity contribution in [1.29, 1.82) is 0 Å². The largest absolute Gasteiger partial charge is 0.388 e. The molecule has 0 aromatic heterocycles. The average Bonchev–Trinajstić information content (AvgIpc) is 2.34. The molecule has 0 spiro atoms. The molecule has 2 N–H and O–H groups in total. The fraction of sp³-hybridized carbons (Fsp3) is 0.500. The Morgan fingerprint density at radius 2 is 1.80 bits per heavy atom. The van der Waals surface area contributed by atoms with E-state index in [2.05, 4.69) is 10.6 Å². The standard InChI is InChI=1S/C12H19N3O4S/c1-12(2,20(4,18)19)8-14-10-5-9(13-3)6-11(7-10)15(16)17/h5-7,13-14H,8H2,1-4H3. The van der Waals surface area contributed by atoms with Crippen LogP contribution in [-0.4, -0.2) is 37.9 Å². The van der Waals surface area contributed by atoms with Crippen molar-refractivity contribution in [2.75, 3.05) is 30.5 Å². The summed E-state index contributed by atoms with van der Waals surface area (Å²) in [5, 5.41) is 16.6. The summed E-state index contributed by atoms with van der Waals surface area (Å²) in [7, 11) is -1.57. The quantitative estimate of drug-likeness (QED) is 0.614. The van der Waals surface area contributed by atoms with Crippen LogP contribution in [0.3, 0.4) is 0 Å². The summed E-state index contributed by atoms with van der Waals surface area (Å²) in [6, 6.07) is 4.47. The molecule has 1 aromatic carbocycles. The van der Waals surface area contributed by atoms with Gasteiger partial charge >= 0.3 is 0 Å². The molecular formula is C12H19N3O4S. The van der Waals surface area contributed by atoms with Crippen LogP contribution in [0, 0.1) is 10.1 Å². The first-order valence-electron chi connectivity index (χ1n) is 5.97. The number of nitro benzene ring substituents is 1. The molecular weight excluding hydrogens is 282 g/mol. The first-order valence-corrected chi connectivity index (χ1v) is 7.87. The Bertz CT molecular complexity index is 611. The van der Waals surface area contributed by atoms with E-state index in [4.69, 9.17) is 0 Å². The van der Waals surface area contributed by atoms with Gasteiger partial charge in [0.2, 0.25) is 0 Å². The highest BCUT2D eigenvalue weighted by Crippen LogP contribution is 2.25. The molecule has 0 aliphatic carbocycles. The van der Waals surface area contributed by atoms with E-state index in [1.165, 1.54) is 18.4 Å². The van der Waals surface area contributed by atoms with Gasteiger partial charge in [-0.3, -0.25) is 10.1 Å². The highest BCUT2D eigenvalue weighted by atomic mass is 32.2. The molecule has 0 unspecified atom stereocenters. The third kappa shape index (κ3) is 3.83. The molecule has 1 rings (SSSR count). The Balaban J connectivity index is 2.99. The van der Waals surface area contributed by atoms with Gasteiger partial charge in [0, 0.05) is 43.4 Å². The van der Waals surface area contributed by atoms with Gasteiger partial charge in [-0.15, -0.1) is 0 Å². The van der Waals surface area contributed by atoms with E-state index in [-0.39, 0.29) is 12.2 Å². The summed E-state index contributed by atoms with van der Waals surface area (Å²) in [5.41, 5.74) is 1.02. The van der Waals surface area contributed by atoms with E-state index in [1.54, 1.807) is 27.0 Å². The van der Waals surface area contributed by atoms with Crippen molar-refractivity contribution < 1.29 is 13.3 Å². The lowest BCUT2D eigenvalue weighted by Gasteiger charge is -2.23. The Labute approximate surface area is 118 Å². The molecule has 0 aliphatic rings. The fourth-order valence-electron chi connectivity index (χ4n) is 1.41. The van der Waals surface area contributed by atoms with Crippen molar-refractivity contribution in [2.24, 2.45) is 0 Å². The second kappa shape index (κ2) is 5.66. The fourth-order valence-corrected chi connectivity index (χ4v) is 1.74. The zero-order valence-corrected chi connectivity index (χ0v) is 12.7. The Morgan fingerprint density at radius 1 is 1.25 bits per heavy atom. The highest BCUT2D eigenvalue weighted by Gasteiger charge is 2.29. The zero-order chi connectivity index (χ0) is 15.6. The van der Waals surface area contributed by atoms with Crippen LogP contribution in [0.5, 0.6) is 0 Å². The van der Waals surface area contributed by atoms with Crippen molar-refractivity contribution in [1.82, 2.24) is 0 Å². The van der Waals surface area contributed by atoms with Gasteiger partial charge in [-0.1, -0.05) is 0 Å². The van der Waals surface area contributed by atoms with Crippen LogP contribution >= 0.6 is 0 Å². The topological polar surface area (TPSA) is 101 Å². The average molecular weight is 301 g/mol. The van der Waals surface area contributed by atoms with Crippen LogP contribution in [0.1, 0.15) is 13.8 Å². The normalized spacial score (nSPS) is 12.0. The van der Waals surface area contributed by atoms with E-state index >= 15 is 0 Å². The minimum absolute atomic E-state index is 0.0588. The van der Waals surface area contributed by atoms with Crippen LogP contribution < -0.4 is 10.6 Å². The van der Waals surface area contributed by atoms with Crippen molar-refractivity contribution in [3.63, 3.8) is 0 Å². The van der Waals surface area contributed by atoms with E-state index in [0.717, 1.165) is 0 Å². The van der Waals surface area contributed by atoms with Crippen molar-refractivity contribution in [2.45, 2.75) is 18.6 Å². The van der Waals surface area contributed by atoms with Gasteiger partial charge in [-0.25, -0.2) is 8.42 Å². The molecule has 0 saturated carbocycles. The molecule has 0 bridgehead atoms. The van der Waals surface area contributed by atoms with E-state index < -0.39 is 19.5 Å². The van der Waals surface area contributed by atoms with Gasteiger partial charge < -0.3 is 10.6 Å². The third-order valence-corrected chi connectivity index (χ3v) is 5.29. The number of anilines is 2. The number of sulfone groups is 1. The molecule has 112 valence electrons. The molecule has 0 fully saturated rings. The van der Waals surface area contributed by atoms with E-state index in [1.807, 2.05) is 0 Å². The smallest absolute Gasteiger partial charge is 0.273 e. The molecule has 1 aromatic rings. The molecule has 0 atom stereocenters. The monoisotopic (exact) mass is 301 g/mol. The number of hydrogen-bond donors (Lipinski definition) is 2. The van der Waals surface area contributed by atoms with Crippen LogP contribution in [0.2, 0.25) is 0 Å². The number of benzene rings is 1. The molecule has 0 saturated heterocycles. The first kappa shape index (κ1) is 16.2. The van der Waals surface area contributed by atoms with Crippen molar-refractivity contribution >= 4 is 26.9 Å². The second-order valence-corrected chi connectivity index (χ2v) is 7.81. The summed E-state index contributed by atoms with van der Waals surface area (Å²) in [4.78, 5) is 10.3. The molecule has 0 radical (unpaired) electrons. The lowest BCUT2D eigenvalue weighted by Crippen LogP contribution is -2.38. The van der Waals surface area contributed by atoms with Crippen LogP contribution in [0.25, 0.3) is 0 Å². The van der Waals surface area contributed by atoms with Gasteiger partial charge in [-0.05, 0) is 19.9 Å². The number of nitrogens with zero attached hydrogens (tertiary/aromatic N) is 1. The number of nitro groups is 1. The summed E-state index contributed by atoms with van der Waals surface area (Å²) in [6.07, 6.45) is 1.17. The number of rotatable bonds is 6. The molecule has 8 heteroatoms. The van der Waals surface area contributed by atoms with E-state index in [9.17, 15) is 18.5 Å². The molecule has 0 heterocycles. The number of nitrogens with one attached hydrogen (secondary N) is 2. The van der Waals surface area contributed by atoms with Gasteiger partial charge in [0.25, 0.3) is 5.69 Å². The maximum atomic E-state index is 11.6. The molecule has 0 amide bonds. The summed E-state index contributed by atoms with van der Waals surface area (Å²) < 4.78 is 22.3. The minimum atomic E-state index is -3.23. The third-order valence-electron chi connectivity index (χ3n) is 3.14. The van der Waals surface area contributed by atoms with E-state index in [0.29, 0.717) is 11.4 Å². The maximum Gasteiger partial charge on any atom is 0.273 e. The Kier molecular flexibility index (Phi) is 4.59. The predicted octanol–water partition coefficient (Wildman–Crippen LogP) is 1.87. The SMILES string of the molecule is CNc1cc(NCC(C)(C)S(C)(=O)=O)cc([N+](=O)[O-])c1. The second-order valence-electron chi connectivity index (χ2n) is 5.16. The Hall–Kier alpha value is -1.83. The van der Waals surface area contributed by atoms with Crippen LogP contribution in [0.4, 0.5) is 17.1 Å². The summed E-state index contributed by atoms with van der Waals surface area (Å²) in [6.45, 7) is 3.37. The molecule has 0 aliphatic heterocycles.